The van der Waals surface area contributed by atoms with Crippen molar-refractivity contribution in [1.82, 2.24) is 14.7 Å². The van der Waals surface area contributed by atoms with E-state index in [0.29, 0.717) is 24.6 Å². The molecule has 0 aliphatic heterocycles. The van der Waals surface area contributed by atoms with Crippen LogP contribution in [0.15, 0.2) is 0 Å². The van der Waals surface area contributed by atoms with Gasteiger partial charge in [0.05, 0.1) is 4.92 Å². The molecule has 0 atom stereocenters. The molecule has 112 valence electrons. The van der Waals surface area contributed by atoms with Gasteiger partial charge in [-0.3, -0.25) is 14.9 Å². The lowest BCUT2D eigenvalue weighted by Crippen LogP contribution is -2.24. The minimum absolute atomic E-state index is 0.0178. The molecule has 1 aromatic heterocycles. The molecular weight excluding hydrogens is 262 g/mol. The summed E-state index contributed by atoms with van der Waals surface area (Å²) in [5.74, 6) is 0.347. The lowest BCUT2D eigenvalue weighted by molar-refractivity contribution is -0.384. The third kappa shape index (κ3) is 3.69. The molecule has 0 saturated heterocycles. The number of carbonyl (C=O) groups excluding carboxylic acids is 1. The minimum atomic E-state index is -0.440. The van der Waals surface area contributed by atoms with Crippen LogP contribution < -0.4 is 5.32 Å². The summed E-state index contributed by atoms with van der Waals surface area (Å²) >= 11 is 0. The fourth-order valence-corrected chi connectivity index (χ4v) is 1.85. The maximum Gasteiger partial charge on any atom is 0.333 e. The van der Waals surface area contributed by atoms with Crippen molar-refractivity contribution in [2.75, 3.05) is 26.0 Å². The van der Waals surface area contributed by atoms with Gasteiger partial charge in [-0.25, -0.2) is 4.68 Å². The number of aromatic nitrogens is 2. The molecule has 0 aliphatic rings. The fraction of sp³-hybridized carbons (Fsp3) is 0.667. The van der Waals surface area contributed by atoms with Crippen molar-refractivity contribution in [2.45, 2.75) is 33.2 Å². The molecule has 8 nitrogen and oxygen atoms in total. The van der Waals surface area contributed by atoms with Crippen LogP contribution in [0.3, 0.4) is 0 Å². The number of nitrogens with zero attached hydrogens (tertiary/aromatic N) is 4. The number of nitro groups is 1. The van der Waals surface area contributed by atoms with E-state index in [-0.39, 0.29) is 18.0 Å². The molecule has 0 saturated carbocycles. The molecule has 1 N–H and O–H groups in total. The third-order valence-corrected chi connectivity index (χ3v) is 2.84. The van der Waals surface area contributed by atoms with E-state index < -0.39 is 4.92 Å². The van der Waals surface area contributed by atoms with Crippen LogP contribution in [-0.4, -0.2) is 46.2 Å². The summed E-state index contributed by atoms with van der Waals surface area (Å²) in [7, 11) is 3.35. The molecule has 0 aliphatic carbocycles. The molecule has 20 heavy (non-hydrogen) atoms. The second-order valence-corrected chi connectivity index (χ2v) is 4.73. The van der Waals surface area contributed by atoms with Gasteiger partial charge in [0, 0.05) is 33.6 Å². The average Bonchev–Trinajstić information content (AvgIpc) is 2.66. The number of hydrogen-bond acceptors (Lipinski definition) is 5. The first-order chi connectivity index (χ1) is 9.38. The lowest BCUT2D eigenvalue weighted by Gasteiger charge is -2.11. The summed E-state index contributed by atoms with van der Waals surface area (Å²) in [5.41, 5.74) is 0.362. The van der Waals surface area contributed by atoms with E-state index in [1.165, 1.54) is 4.90 Å². The van der Waals surface area contributed by atoms with Crippen LogP contribution in [0.4, 0.5) is 11.5 Å². The second kappa shape index (κ2) is 6.88. The lowest BCUT2D eigenvalue weighted by atomic mass is 10.3. The molecule has 1 rings (SSSR count). The Hall–Kier alpha value is -2.12. The van der Waals surface area contributed by atoms with Gasteiger partial charge in [0.1, 0.15) is 5.69 Å². The molecule has 0 spiro atoms. The van der Waals surface area contributed by atoms with Crippen LogP contribution >= 0.6 is 0 Å². The van der Waals surface area contributed by atoms with Crippen LogP contribution in [0.5, 0.6) is 0 Å². The molecule has 0 bridgehead atoms. The van der Waals surface area contributed by atoms with Gasteiger partial charge in [0.15, 0.2) is 0 Å². The van der Waals surface area contributed by atoms with E-state index in [1.54, 1.807) is 25.7 Å². The standard InChI is InChI=1S/C12H21N5O3/c1-5-8-16-12(11(17(19)20)9(2)14-16)13-7-6-10(18)15(3)4/h13H,5-8H2,1-4H3. The van der Waals surface area contributed by atoms with Gasteiger partial charge in [0.2, 0.25) is 11.7 Å². The maximum absolute atomic E-state index is 11.5. The maximum atomic E-state index is 11.5. The van der Waals surface area contributed by atoms with Gasteiger partial charge in [-0.2, -0.15) is 5.10 Å². The predicted molar refractivity (Wildman–Crippen MR) is 75.7 cm³/mol. The Morgan fingerprint density at radius 2 is 2.15 bits per heavy atom. The molecular formula is C12H21N5O3. The van der Waals surface area contributed by atoms with E-state index in [9.17, 15) is 14.9 Å². The summed E-state index contributed by atoms with van der Waals surface area (Å²) in [5, 5.41) is 18.2. The average molecular weight is 283 g/mol. The van der Waals surface area contributed by atoms with E-state index in [4.69, 9.17) is 0 Å². The SMILES string of the molecule is CCCn1nc(C)c([N+](=O)[O-])c1NCCC(=O)N(C)C. The van der Waals surface area contributed by atoms with Gasteiger partial charge in [-0.05, 0) is 13.3 Å². The molecule has 8 heteroatoms. The van der Waals surface area contributed by atoms with Crippen LogP contribution in [0.1, 0.15) is 25.5 Å². The highest BCUT2D eigenvalue weighted by Crippen LogP contribution is 2.28. The zero-order valence-corrected chi connectivity index (χ0v) is 12.3. The Balaban J connectivity index is 2.86. The zero-order chi connectivity index (χ0) is 15.3. The first-order valence-corrected chi connectivity index (χ1v) is 6.54. The van der Waals surface area contributed by atoms with Crippen LogP contribution in [0, 0.1) is 17.0 Å². The molecule has 1 heterocycles. The Labute approximate surface area is 117 Å². The van der Waals surface area contributed by atoms with E-state index in [1.807, 2.05) is 6.92 Å². The number of amides is 1. The normalized spacial score (nSPS) is 10.4. The molecule has 1 amide bonds. The van der Waals surface area contributed by atoms with E-state index >= 15 is 0 Å². The number of hydrogen-bond donors (Lipinski definition) is 1. The van der Waals surface area contributed by atoms with Gasteiger partial charge < -0.3 is 10.2 Å². The monoisotopic (exact) mass is 283 g/mol. The van der Waals surface area contributed by atoms with Crippen LogP contribution in [-0.2, 0) is 11.3 Å². The number of rotatable bonds is 7. The first kappa shape index (κ1) is 15.9. The van der Waals surface area contributed by atoms with Crippen LogP contribution in [0.25, 0.3) is 0 Å². The Morgan fingerprint density at radius 3 is 2.65 bits per heavy atom. The highest BCUT2D eigenvalue weighted by molar-refractivity contribution is 5.76. The van der Waals surface area contributed by atoms with Crippen molar-refractivity contribution >= 4 is 17.4 Å². The Bertz CT molecular complexity index is 496. The van der Waals surface area contributed by atoms with Crippen molar-refractivity contribution in [2.24, 2.45) is 0 Å². The van der Waals surface area contributed by atoms with Crippen molar-refractivity contribution in [3.63, 3.8) is 0 Å². The quantitative estimate of drug-likeness (QED) is 0.603. The number of aryl methyl sites for hydroxylation is 2. The fourth-order valence-electron chi connectivity index (χ4n) is 1.85. The van der Waals surface area contributed by atoms with E-state index in [0.717, 1.165) is 6.42 Å². The number of anilines is 1. The smallest absolute Gasteiger partial charge is 0.333 e. The molecule has 0 fully saturated rings. The minimum Gasteiger partial charge on any atom is -0.364 e. The van der Waals surface area contributed by atoms with E-state index in [2.05, 4.69) is 10.4 Å². The van der Waals surface area contributed by atoms with Gasteiger partial charge in [-0.15, -0.1) is 0 Å². The number of nitrogens with one attached hydrogen (secondary N) is 1. The van der Waals surface area contributed by atoms with Gasteiger partial charge >= 0.3 is 5.69 Å². The van der Waals surface area contributed by atoms with Crippen molar-refractivity contribution in [3.05, 3.63) is 15.8 Å². The highest BCUT2D eigenvalue weighted by Gasteiger charge is 2.24. The number of carbonyl (C=O) groups is 1. The molecule has 0 aromatic carbocycles. The summed E-state index contributed by atoms with van der Waals surface area (Å²) < 4.78 is 1.59. The van der Waals surface area contributed by atoms with Gasteiger partial charge in [-0.1, -0.05) is 6.92 Å². The van der Waals surface area contributed by atoms with Crippen molar-refractivity contribution in [1.29, 1.82) is 0 Å². The summed E-state index contributed by atoms with van der Waals surface area (Å²) in [6.07, 6.45) is 1.10. The van der Waals surface area contributed by atoms with Crippen molar-refractivity contribution < 1.29 is 9.72 Å². The Morgan fingerprint density at radius 1 is 1.50 bits per heavy atom. The van der Waals surface area contributed by atoms with Crippen molar-refractivity contribution in [3.8, 4) is 0 Å². The Kier molecular flexibility index (Phi) is 5.48. The first-order valence-electron chi connectivity index (χ1n) is 6.54. The zero-order valence-electron chi connectivity index (χ0n) is 12.3. The summed E-state index contributed by atoms with van der Waals surface area (Å²) in [6, 6.07) is 0. The third-order valence-electron chi connectivity index (χ3n) is 2.84. The summed E-state index contributed by atoms with van der Waals surface area (Å²) in [4.78, 5) is 23.7. The predicted octanol–water partition coefficient (Wildman–Crippen LogP) is 1.40. The molecule has 0 unspecified atom stereocenters. The molecule has 0 radical (unpaired) electrons. The van der Waals surface area contributed by atoms with Crippen LogP contribution in [0.2, 0.25) is 0 Å². The largest absolute Gasteiger partial charge is 0.364 e. The topological polar surface area (TPSA) is 93.3 Å². The highest BCUT2D eigenvalue weighted by atomic mass is 16.6. The van der Waals surface area contributed by atoms with Gasteiger partial charge in [0.25, 0.3) is 0 Å². The molecule has 1 aromatic rings. The second-order valence-electron chi connectivity index (χ2n) is 4.73. The summed E-state index contributed by atoms with van der Waals surface area (Å²) in [6.45, 7) is 4.52.